The Morgan fingerprint density at radius 1 is 1.00 bits per heavy atom. The van der Waals surface area contributed by atoms with Gasteiger partial charge in [0, 0.05) is 11.6 Å². The van der Waals surface area contributed by atoms with Crippen molar-refractivity contribution in [3.63, 3.8) is 0 Å². The molecule has 100 valence electrons. The molecule has 0 N–H and O–H groups in total. The zero-order valence-electron chi connectivity index (χ0n) is 9.08. The van der Waals surface area contributed by atoms with Gasteiger partial charge in [-0.1, -0.05) is 11.6 Å². The monoisotopic (exact) mass is 308 g/mol. The van der Waals surface area contributed by atoms with E-state index in [4.69, 9.17) is 23.2 Å². The highest BCUT2D eigenvalue weighted by molar-refractivity contribution is 6.32. The van der Waals surface area contributed by atoms with Crippen molar-refractivity contribution in [1.29, 1.82) is 0 Å². The van der Waals surface area contributed by atoms with E-state index < -0.39 is 6.36 Å². The normalized spacial score (nSPS) is 11.4. The second kappa shape index (κ2) is 5.22. The van der Waals surface area contributed by atoms with Crippen LogP contribution in [0.15, 0.2) is 30.3 Å². The third kappa shape index (κ3) is 3.97. The van der Waals surface area contributed by atoms with E-state index in [1.807, 2.05) is 0 Å². The maximum atomic E-state index is 12.0. The molecule has 0 spiro atoms. The van der Waals surface area contributed by atoms with Crippen molar-refractivity contribution in [1.82, 2.24) is 9.97 Å². The Morgan fingerprint density at radius 3 is 2.16 bits per heavy atom. The van der Waals surface area contributed by atoms with Gasteiger partial charge >= 0.3 is 6.36 Å². The first-order chi connectivity index (χ1) is 8.83. The van der Waals surface area contributed by atoms with Gasteiger partial charge in [-0.2, -0.15) is 0 Å². The molecule has 1 aromatic heterocycles. The number of aromatic nitrogens is 2. The summed E-state index contributed by atoms with van der Waals surface area (Å²) in [7, 11) is 0. The highest BCUT2D eigenvalue weighted by atomic mass is 35.5. The van der Waals surface area contributed by atoms with Crippen LogP contribution in [0.25, 0.3) is 11.3 Å². The molecule has 0 saturated heterocycles. The summed E-state index contributed by atoms with van der Waals surface area (Å²) in [5.41, 5.74) is 0.948. The molecule has 0 fully saturated rings. The van der Waals surface area contributed by atoms with E-state index in [9.17, 15) is 13.2 Å². The van der Waals surface area contributed by atoms with Crippen LogP contribution in [0.3, 0.4) is 0 Å². The van der Waals surface area contributed by atoms with Gasteiger partial charge in [0.1, 0.15) is 10.9 Å². The van der Waals surface area contributed by atoms with E-state index >= 15 is 0 Å². The molecule has 0 amide bonds. The van der Waals surface area contributed by atoms with Crippen LogP contribution in [-0.4, -0.2) is 16.3 Å². The van der Waals surface area contributed by atoms with Crippen molar-refractivity contribution in [3.8, 4) is 17.0 Å². The lowest BCUT2D eigenvalue weighted by Crippen LogP contribution is -2.16. The molecule has 0 aliphatic carbocycles. The van der Waals surface area contributed by atoms with Crippen LogP contribution >= 0.6 is 23.2 Å². The minimum absolute atomic E-state index is 0.0434. The van der Waals surface area contributed by atoms with Gasteiger partial charge in [-0.15, -0.1) is 13.2 Å². The van der Waals surface area contributed by atoms with E-state index in [2.05, 4.69) is 14.7 Å². The van der Waals surface area contributed by atoms with Crippen LogP contribution < -0.4 is 4.74 Å². The Bertz CT molecular complexity index is 567. The summed E-state index contributed by atoms with van der Waals surface area (Å²) in [5.74, 6) is -0.317. The van der Waals surface area contributed by atoms with Gasteiger partial charge in [0.25, 0.3) is 0 Å². The second-order valence-corrected chi connectivity index (χ2v) is 4.14. The molecule has 1 heterocycles. The van der Waals surface area contributed by atoms with Crippen LogP contribution in [0.4, 0.5) is 13.2 Å². The number of ether oxygens (including phenoxy) is 1. The third-order valence-corrected chi connectivity index (χ3v) is 2.41. The lowest BCUT2D eigenvalue weighted by molar-refractivity contribution is -0.274. The fourth-order valence-corrected chi connectivity index (χ4v) is 1.77. The Labute approximate surface area is 116 Å². The summed E-state index contributed by atoms with van der Waals surface area (Å²) in [5, 5.41) is 0.101. The molecule has 0 radical (unpaired) electrons. The molecule has 0 atom stereocenters. The molecule has 0 aliphatic heterocycles. The van der Waals surface area contributed by atoms with Crippen molar-refractivity contribution in [2.75, 3.05) is 0 Å². The van der Waals surface area contributed by atoms with Crippen molar-refractivity contribution in [3.05, 3.63) is 40.8 Å². The number of benzene rings is 1. The average molecular weight is 309 g/mol. The number of hydrogen-bond donors (Lipinski definition) is 0. The van der Waals surface area contributed by atoms with Gasteiger partial charge in [0.2, 0.25) is 5.28 Å². The first-order valence-corrected chi connectivity index (χ1v) is 5.65. The number of halogens is 5. The van der Waals surface area contributed by atoms with E-state index in [0.29, 0.717) is 11.3 Å². The van der Waals surface area contributed by atoms with Gasteiger partial charge < -0.3 is 4.74 Å². The maximum absolute atomic E-state index is 12.0. The number of alkyl halides is 3. The summed E-state index contributed by atoms with van der Waals surface area (Å²) in [6, 6.07) is 6.62. The Morgan fingerprint density at radius 2 is 1.63 bits per heavy atom. The predicted octanol–water partition coefficient (Wildman–Crippen LogP) is 4.35. The number of rotatable bonds is 2. The second-order valence-electron chi connectivity index (χ2n) is 3.42. The van der Waals surface area contributed by atoms with E-state index in [-0.39, 0.29) is 16.2 Å². The van der Waals surface area contributed by atoms with Gasteiger partial charge in [0.05, 0.1) is 5.69 Å². The summed E-state index contributed by atoms with van der Waals surface area (Å²) in [6.45, 7) is 0. The minimum Gasteiger partial charge on any atom is -0.406 e. The number of hydrogen-bond acceptors (Lipinski definition) is 3. The van der Waals surface area contributed by atoms with E-state index in [1.54, 1.807) is 0 Å². The molecule has 0 bridgehead atoms. The third-order valence-electron chi connectivity index (χ3n) is 2.05. The highest BCUT2D eigenvalue weighted by Crippen LogP contribution is 2.27. The van der Waals surface area contributed by atoms with E-state index in [1.165, 1.54) is 30.3 Å². The molecule has 1 aromatic carbocycles. The molecule has 0 saturated carbocycles. The van der Waals surface area contributed by atoms with Gasteiger partial charge in [0.15, 0.2) is 0 Å². The van der Waals surface area contributed by atoms with Crippen molar-refractivity contribution >= 4 is 23.2 Å². The minimum atomic E-state index is -4.72. The lowest BCUT2D eigenvalue weighted by Gasteiger charge is -2.09. The van der Waals surface area contributed by atoms with Gasteiger partial charge in [-0.05, 0) is 35.9 Å². The lowest BCUT2D eigenvalue weighted by atomic mass is 10.1. The molecule has 0 unspecified atom stereocenters. The van der Waals surface area contributed by atoms with Crippen molar-refractivity contribution < 1.29 is 17.9 Å². The smallest absolute Gasteiger partial charge is 0.406 e. The summed E-state index contributed by atoms with van der Waals surface area (Å²) in [4.78, 5) is 7.59. The van der Waals surface area contributed by atoms with Crippen molar-refractivity contribution in [2.45, 2.75) is 6.36 Å². The van der Waals surface area contributed by atoms with Crippen LogP contribution in [-0.2, 0) is 0 Å². The molecule has 2 rings (SSSR count). The topological polar surface area (TPSA) is 35.0 Å². The van der Waals surface area contributed by atoms with Crippen LogP contribution in [0.5, 0.6) is 5.75 Å². The molecule has 19 heavy (non-hydrogen) atoms. The van der Waals surface area contributed by atoms with Crippen LogP contribution in [0.2, 0.25) is 10.4 Å². The van der Waals surface area contributed by atoms with Crippen molar-refractivity contribution in [2.24, 2.45) is 0 Å². The zero-order valence-corrected chi connectivity index (χ0v) is 10.6. The molecule has 0 aliphatic rings. The van der Waals surface area contributed by atoms with Gasteiger partial charge in [-0.25, -0.2) is 9.97 Å². The Kier molecular flexibility index (Phi) is 3.82. The molecular weight excluding hydrogens is 304 g/mol. The first kappa shape index (κ1) is 13.9. The molecular formula is C11H5Cl2F3N2O. The molecule has 2 aromatic rings. The van der Waals surface area contributed by atoms with Gasteiger partial charge in [-0.3, -0.25) is 0 Å². The average Bonchev–Trinajstić information content (AvgIpc) is 2.26. The van der Waals surface area contributed by atoms with E-state index in [0.717, 1.165) is 0 Å². The van der Waals surface area contributed by atoms with Crippen LogP contribution in [0, 0.1) is 0 Å². The van der Waals surface area contributed by atoms with Crippen LogP contribution in [0.1, 0.15) is 0 Å². The standard InChI is InChI=1S/C11H5Cl2F3N2O/c12-9-5-8(17-10(13)18-9)6-1-3-7(4-2-6)19-11(14,15)16/h1-5H. The maximum Gasteiger partial charge on any atom is 0.573 e. The predicted molar refractivity (Wildman–Crippen MR) is 64.2 cm³/mol. The molecule has 8 heteroatoms. The Hall–Kier alpha value is -1.53. The summed E-state index contributed by atoms with van der Waals surface area (Å²) >= 11 is 11.3. The quantitative estimate of drug-likeness (QED) is 0.611. The zero-order chi connectivity index (χ0) is 14.0. The fourth-order valence-electron chi connectivity index (χ4n) is 1.37. The SMILES string of the molecule is FC(F)(F)Oc1ccc(-c2cc(Cl)nc(Cl)n2)cc1. The largest absolute Gasteiger partial charge is 0.573 e. The summed E-state index contributed by atoms with van der Waals surface area (Å²) in [6.07, 6.45) is -4.72. The number of nitrogens with zero attached hydrogens (tertiary/aromatic N) is 2. The highest BCUT2D eigenvalue weighted by Gasteiger charge is 2.30. The summed E-state index contributed by atoms with van der Waals surface area (Å²) < 4.78 is 39.7. The fraction of sp³-hybridized carbons (Fsp3) is 0.0909. The molecule has 3 nitrogen and oxygen atoms in total. The first-order valence-electron chi connectivity index (χ1n) is 4.90. The Balaban J connectivity index is 2.27.